The van der Waals surface area contributed by atoms with Crippen molar-refractivity contribution < 1.29 is 19.4 Å². The van der Waals surface area contributed by atoms with Gasteiger partial charge >= 0.3 is 12.1 Å². The number of hydrogen-bond acceptors (Lipinski definition) is 3. The van der Waals surface area contributed by atoms with Crippen LogP contribution in [0.15, 0.2) is 12.1 Å². The zero-order valence-electron chi connectivity index (χ0n) is 8.08. The first-order valence-corrected chi connectivity index (χ1v) is 4.78. The molecular formula is C9H7Cl2NO4. The molecule has 0 aromatic heterocycles. The molecule has 1 aromatic carbocycles. The van der Waals surface area contributed by atoms with Gasteiger partial charge in [0.05, 0.1) is 28.4 Å². The Bertz CT molecular complexity index is 424. The maximum atomic E-state index is 10.9. The van der Waals surface area contributed by atoms with Crippen LogP contribution in [-0.4, -0.2) is 24.3 Å². The number of carboxylic acid groups (broad SMARTS) is 1. The van der Waals surface area contributed by atoms with E-state index in [2.05, 4.69) is 10.1 Å². The molecule has 0 atom stereocenters. The van der Waals surface area contributed by atoms with Crippen molar-refractivity contribution in [3.05, 3.63) is 27.7 Å². The zero-order valence-corrected chi connectivity index (χ0v) is 9.59. The van der Waals surface area contributed by atoms with Gasteiger partial charge in [0.25, 0.3) is 0 Å². The Morgan fingerprint density at radius 3 is 2.19 bits per heavy atom. The van der Waals surface area contributed by atoms with Gasteiger partial charge in [-0.05, 0) is 12.1 Å². The Hall–Kier alpha value is -1.46. The van der Waals surface area contributed by atoms with E-state index in [0.29, 0.717) is 0 Å². The minimum atomic E-state index is -1.16. The highest BCUT2D eigenvalue weighted by Gasteiger charge is 2.14. The smallest absolute Gasteiger partial charge is 0.411 e. The lowest BCUT2D eigenvalue weighted by Gasteiger charge is -2.08. The van der Waals surface area contributed by atoms with Gasteiger partial charge in [0.1, 0.15) is 0 Å². The number of anilines is 1. The lowest BCUT2D eigenvalue weighted by Crippen LogP contribution is -2.12. The van der Waals surface area contributed by atoms with Crippen LogP contribution in [0.4, 0.5) is 10.5 Å². The average Bonchev–Trinajstić information content (AvgIpc) is 2.22. The van der Waals surface area contributed by atoms with E-state index < -0.39 is 12.1 Å². The maximum Gasteiger partial charge on any atom is 0.411 e. The van der Waals surface area contributed by atoms with Crippen LogP contribution in [0.25, 0.3) is 0 Å². The largest absolute Gasteiger partial charge is 0.478 e. The summed E-state index contributed by atoms with van der Waals surface area (Å²) in [6.07, 6.45) is -0.744. The van der Waals surface area contributed by atoms with E-state index in [-0.39, 0.29) is 21.3 Å². The van der Waals surface area contributed by atoms with E-state index in [4.69, 9.17) is 28.3 Å². The molecule has 86 valence electrons. The molecule has 0 radical (unpaired) electrons. The Morgan fingerprint density at radius 2 is 1.81 bits per heavy atom. The molecule has 7 heteroatoms. The molecule has 5 nitrogen and oxygen atoms in total. The van der Waals surface area contributed by atoms with Crippen LogP contribution in [0.1, 0.15) is 10.4 Å². The van der Waals surface area contributed by atoms with E-state index in [1.54, 1.807) is 0 Å². The minimum absolute atomic E-state index is 0.0234. The number of carboxylic acids is 1. The molecular weight excluding hydrogens is 257 g/mol. The number of amides is 1. The minimum Gasteiger partial charge on any atom is -0.478 e. The van der Waals surface area contributed by atoms with Crippen molar-refractivity contribution in [2.45, 2.75) is 0 Å². The van der Waals surface area contributed by atoms with E-state index in [1.807, 2.05) is 0 Å². The number of nitrogens with one attached hydrogen (secondary N) is 1. The summed E-state index contributed by atoms with van der Waals surface area (Å²) in [6, 6.07) is 2.36. The lowest BCUT2D eigenvalue weighted by atomic mass is 10.2. The first-order chi connectivity index (χ1) is 7.45. The van der Waals surface area contributed by atoms with Crippen molar-refractivity contribution in [2.24, 2.45) is 0 Å². The summed E-state index contributed by atoms with van der Waals surface area (Å²) in [5.74, 6) is -1.16. The van der Waals surface area contributed by atoms with E-state index in [0.717, 1.165) is 0 Å². The van der Waals surface area contributed by atoms with Gasteiger partial charge in [0.15, 0.2) is 0 Å². The van der Waals surface area contributed by atoms with E-state index in [9.17, 15) is 9.59 Å². The van der Waals surface area contributed by atoms with Crippen molar-refractivity contribution >= 4 is 41.0 Å². The van der Waals surface area contributed by atoms with Gasteiger partial charge in [-0.15, -0.1) is 0 Å². The molecule has 0 aliphatic heterocycles. The third-order valence-electron chi connectivity index (χ3n) is 1.70. The van der Waals surface area contributed by atoms with Gasteiger partial charge in [0.2, 0.25) is 0 Å². The molecule has 0 bridgehead atoms. The standard InChI is InChI=1S/C9H7Cl2NO4/c1-16-9(15)12-7-5(10)2-4(8(13)14)3-6(7)11/h2-3H,1H3,(H,12,15)(H,13,14). The molecule has 0 unspecified atom stereocenters. The van der Waals surface area contributed by atoms with Gasteiger partial charge in [0, 0.05) is 0 Å². The molecule has 1 amide bonds. The highest BCUT2D eigenvalue weighted by Crippen LogP contribution is 2.31. The first kappa shape index (κ1) is 12.6. The van der Waals surface area contributed by atoms with E-state index in [1.165, 1.54) is 19.2 Å². The van der Waals surface area contributed by atoms with Crippen molar-refractivity contribution in [1.29, 1.82) is 0 Å². The lowest BCUT2D eigenvalue weighted by molar-refractivity contribution is 0.0697. The molecule has 0 spiro atoms. The predicted octanol–water partition coefficient (Wildman–Crippen LogP) is 2.87. The number of carbonyl (C=O) groups is 2. The van der Waals surface area contributed by atoms with Crippen molar-refractivity contribution in [1.82, 2.24) is 0 Å². The second kappa shape index (κ2) is 5.05. The fourth-order valence-electron chi connectivity index (χ4n) is 0.969. The number of halogens is 2. The van der Waals surface area contributed by atoms with Crippen LogP contribution in [0.3, 0.4) is 0 Å². The quantitative estimate of drug-likeness (QED) is 0.861. The Morgan fingerprint density at radius 1 is 1.31 bits per heavy atom. The third kappa shape index (κ3) is 2.77. The Labute approximate surface area is 101 Å². The highest BCUT2D eigenvalue weighted by atomic mass is 35.5. The highest BCUT2D eigenvalue weighted by molar-refractivity contribution is 6.40. The van der Waals surface area contributed by atoms with Crippen LogP contribution < -0.4 is 5.32 Å². The molecule has 0 aliphatic rings. The number of ether oxygens (including phenoxy) is 1. The van der Waals surface area contributed by atoms with Crippen molar-refractivity contribution in [3.8, 4) is 0 Å². The summed E-state index contributed by atoms with van der Waals surface area (Å²) >= 11 is 11.5. The summed E-state index contributed by atoms with van der Waals surface area (Å²) in [5.41, 5.74) is 0.0469. The summed E-state index contributed by atoms with van der Waals surface area (Å²) in [4.78, 5) is 21.6. The average molecular weight is 264 g/mol. The van der Waals surface area contributed by atoms with Gasteiger partial charge in [-0.25, -0.2) is 9.59 Å². The molecule has 0 heterocycles. The number of aromatic carboxylic acids is 1. The Kier molecular flexibility index (Phi) is 3.98. The van der Waals surface area contributed by atoms with Crippen molar-refractivity contribution in [2.75, 3.05) is 12.4 Å². The third-order valence-corrected chi connectivity index (χ3v) is 2.30. The number of methoxy groups -OCH3 is 1. The SMILES string of the molecule is COC(=O)Nc1c(Cl)cc(C(=O)O)cc1Cl. The summed E-state index contributed by atoms with van der Waals surface area (Å²) < 4.78 is 4.36. The number of benzene rings is 1. The predicted molar refractivity (Wildman–Crippen MR) is 59.4 cm³/mol. The molecule has 0 saturated heterocycles. The fourth-order valence-corrected chi connectivity index (χ4v) is 1.55. The maximum absolute atomic E-state index is 10.9. The molecule has 16 heavy (non-hydrogen) atoms. The van der Waals surface area contributed by atoms with Gasteiger partial charge in [-0.2, -0.15) is 0 Å². The van der Waals surface area contributed by atoms with Gasteiger partial charge in [-0.1, -0.05) is 23.2 Å². The van der Waals surface area contributed by atoms with Crippen molar-refractivity contribution in [3.63, 3.8) is 0 Å². The normalized spacial score (nSPS) is 9.69. The summed E-state index contributed by atoms with van der Waals surface area (Å²) in [7, 11) is 1.18. The summed E-state index contributed by atoms with van der Waals surface area (Å²) in [6.45, 7) is 0. The fraction of sp³-hybridized carbons (Fsp3) is 0.111. The zero-order chi connectivity index (χ0) is 12.3. The molecule has 0 fully saturated rings. The number of carbonyl (C=O) groups excluding carboxylic acids is 1. The van der Waals surface area contributed by atoms with Crippen LogP contribution in [-0.2, 0) is 4.74 Å². The second-order valence-corrected chi connectivity index (χ2v) is 3.55. The molecule has 0 aliphatic carbocycles. The molecule has 0 saturated carbocycles. The van der Waals surface area contributed by atoms with Crippen LogP contribution >= 0.6 is 23.2 Å². The molecule has 1 aromatic rings. The van der Waals surface area contributed by atoms with E-state index >= 15 is 0 Å². The monoisotopic (exact) mass is 263 g/mol. The van der Waals surface area contributed by atoms with Crippen LogP contribution in [0.2, 0.25) is 10.0 Å². The molecule has 1 rings (SSSR count). The molecule has 2 N–H and O–H groups in total. The Balaban J connectivity index is 3.12. The van der Waals surface area contributed by atoms with Gasteiger partial charge < -0.3 is 9.84 Å². The number of rotatable bonds is 2. The topological polar surface area (TPSA) is 75.6 Å². The van der Waals surface area contributed by atoms with Gasteiger partial charge in [-0.3, -0.25) is 5.32 Å². The second-order valence-electron chi connectivity index (χ2n) is 2.74. The van der Waals surface area contributed by atoms with Crippen LogP contribution in [0, 0.1) is 0 Å². The first-order valence-electron chi connectivity index (χ1n) is 4.03. The summed E-state index contributed by atoms with van der Waals surface area (Å²) in [5, 5.41) is 11.0. The number of hydrogen-bond donors (Lipinski definition) is 2. The van der Waals surface area contributed by atoms with Crippen LogP contribution in [0.5, 0.6) is 0 Å².